The van der Waals surface area contributed by atoms with E-state index in [4.69, 9.17) is 4.98 Å². The number of aromatic nitrogens is 3. The number of rotatable bonds is 4. The molecule has 1 aliphatic rings. The largest absolute Gasteiger partial charge is 0.336 e. The van der Waals surface area contributed by atoms with Crippen LogP contribution in [-0.4, -0.2) is 55.6 Å². The van der Waals surface area contributed by atoms with E-state index in [1.54, 1.807) is 11.3 Å². The van der Waals surface area contributed by atoms with Gasteiger partial charge in [-0.05, 0) is 18.2 Å². The number of thiazole rings is 1. The monoisotopic (exact) mass is 421 g/mol. The summed E-state index contributed by atoms with van der Waals surface area (Å²) in [4.78, 5) is 21.9. The second-order valence-electron chi connectivity index (χ2n) is 7.05. The lowest BCUT2D eigenvalue weighted by molar-refractivity contribution is 0.0627. The molecule has 0 saturated carbocycles. The third-order valence-corrected chi connectivity index (χ3v) is 6.62. The van der Waals surface area contributed by atoms with Crippen molar-refractivity contribution in [2.24, 2.45) is 0 Å². The van der Waals surface area contributed by atoms with Crippen molar-refractivity contribution in [3.63, 3.8) is 0 Å². The molecule has 0 aliphatic carbocycles. The van der Waals surface area contributed by atoms with Crippen LogP contribution in [0.4, 0.5) is 0 Å². The Labute approximate surface area is 176 Å². The zero-order chi connectivity index (χ0) is 19.6. The first-order valence-electron chi connectivity index (χ1n) is 9.50. The fraction of sp³-hybridized carbons (Fsp3) is 0.238. The van der Waals surface area contributed by atoms with Crippen molar-refractivity contribution in [3.8, 4) is 10.6 Å². The molecule has 8 heteroatoms. The lowest BCUT2D eigenvalue weighted by Gasteiger charge is -2.34. The van der Waals surface area contributed by atoms with Crippen molar-refractivity contribution in [2.45, 2.75) is 6.54 Å². The van der Waals surface area contributed by atoms with Crippen LogP contribution in [-0.2, 0) is 6.54 Å². The summed E-state index contributed by atoms with van der Waals surface area (Å²) in [5.74, 6) is 0.0690. The zero-order valence-electron chi connectivity index (χ0n) is 15.7. The minimum Gasteiger partial charge on any atom is -0.336 e. The van der Waals surface area contributed by atoms with Crippen LogP contribution in [0.15, 0.2) is 53.9 Å². The van der Waals surface area contributed by atoms with Crippen molar-refractivity contribution in [3.05, 3.63) is 65.2 Å². The first-order chi connectivity index (χ1) is 14.3. The molecular formula is C21H19N5OS2. The van der Waals surface area contributed by atoms with E-state index in [0.717, 1.165) is 60.0 Å². The zero-order valence-corrected chi connectivity index (χ0v) is 17.3. The van der Waals surface area contributed by atoms with E-state index >= 15 is 0 Å². The molecule has 146 valence electrons. The molecule has 29 heavy (non-hydrogen) atoms. The van der Waals surface area contributed by atoms with Crippen LogP contribution in [0.1, 0.15) is 16.1 Å². The van der Waals surface area contributed by atoms with Gasteiger partial charge in [-0.2, -0.15) is 8.75 Å². The predicted octanol–water partition coefficient (Wildman–Crippen LogP) is 3.77. The molecule has 0 radical (unpaired) electrons. The first kappa shape index (κ1) is 18.4. The van der Waals surface area contributed by atoms with Gasteiger partial charge in [0.2, 0.25) is 0 Å². The first-order valence-corrected chi connectivity index (χ1v) is 11.1. The Kier molecular flexibility index (Phi) is 5.05. The quantitative estimate of drug-likeness (QED) is 0.502. The van der Waals surface area contributed by atoms with Gasteiger partial charge in [0.25, 0.3) is 5.91 Å². The molecule has 0 spiro atoms. The van der Waals surface area contributed by atoms with Gasteiger partial charge in [0.1, 0.15) is 16.0 Å². The molecule has 4 aromatic rings. The summed E-state index contributed by atoms with van der Waals surface area (Å²) in [6.07, 6.45) is 0. The number of carbonyl (C=O) groups is 1. The van der Waals surface area contributed by atoms with E-state index in [0.29, 0.717) is 5.56 Å². The summed E-state index contributed by atoms with van der Waals surface area (Å²) in [7, 11) is 0. The van der Waals surface area contributed by atoms with Crippen molar-refractivity contribution < 1.29 is 4.79 Å². The maximum absolute atomic E-state index is 12.8. The van der Waals surface area contributed by atoms with Crippen LogP contribution in [0.25, 0.3) is 21.6 Å². The summed E-state index contributed by atoms with van der Waals surface area (Å²) in [6, 6.07) is 15.8. The smallest absolute Gasteiger partial charge is 0.254 e. The van der Waals surface area contributed by atoms with Crippen LogP contribution in [0.5, 0.6) is 0 Å². The van der Waals surface area contributed by atoms with Crippen molar-refractivity contribution >= 4 is 40.0 Å². The molecule has 6 nitrogen and oxygen atoms in total. The Balaban J connectivity index is 1.19. The summed E-state index contributed by atoms with van der Waals surface area (Å²) in [5, 5.41) is 3.19. The van der Waals surface area contributed by atoms with E-state index in [1.807, 2.05) is 41.3 Å². The minimum absolute atomic E-state index is 0.0690. The van der Waals surface area contributed by atoms with Gasteiger partial charge in [0, 0.05) is 49.2 Å². The van der Waals surface area contributed by atoms with E-state index < -0.39 is 0 Å². The number of hydrogen-bond acceptors (Lipinski definition) is 7. The Morgan fingerprint density at radius 2 is 1.76 bits per heavy atom. The summed E-state index contributed by atoms with van der Waals surface area (Å²) < 4.78 is 8.43. The molecule has 0 N–H and O–H groups in total. The van der Waals surface area contributed by atoms with E-state index in [9.17, 15) is 4.79 Å². The van der Waals surface area contributed by atoms with Crippen LogP contribution in [0, 0.1) is 0 Å². The Morgan fingerprint density at radius 3 is 2.59 bits per heavy atom. The van der Waals surface area contributed by atoms with Crippen molar-refractivity contribution in [1.82, 2.24) is 23.5 Å². The SMILES string of the molecule is O=C(c1ccc2nsnc2c1)N1CCN(Cc2csc(-c3ccccc3)n2)CC1. The average Bonchev–Trinajstić information content (AvgIpc) is 3.43. The predicted molar refractivity (Wildman–Crippen MR) is 116 cm³/mol. The van der Waals surface area contributed by atoms with Gasteiger partial charge in [0.05, 0.1) is 17.4 Å². The molecule has 2 aromatic heterocycles. The van der Waals surface area contributed by atoms with E-state index in [2.05, 4.69) is 31.2 Å². The molecule has 1 fully saturated rings. The molecule has 0 bridgehead atoms. The van der Waals surface area contributed by atoms with Crippen LogP contribution >= 0.6 is 23.1 Å². The summed E-state index contributed by atoms with van der Waals surface area (Å²) in [6.45, 7) is 3.97. The number of fused-ring (bicyclic) bond motifs is 1. The van der Waals surface area contributed by atoms with Crippen LogP contribution in [0.2, 0.25) is 0 Å². The van der Waals surface area contributed by atoms with Crippen LogP contribution < -0.4 is 0 Å². The standard InChI is InChI=1S/C21H19N5OS2/c27-21(16-6-7-18-19(12-16)24-29-23-18)26-10-8-25(9-11-26)13-17-14-28-20(22-17)15-4-2-1-3-5-15/h1-7,12,14H,8-11,13H2. The fourth-order valence-corrected chi connectivity index (χ4v) is 4.86. The highest BCUT2D eigenvalue weighted by atomic mass is 32.1. The highest BCUT2D eigenvalue weighted by Crippen LogP contribution is 2.24. The van der Waals surface area contributed by atoms with Gasteiger partial charge in [0.15, 0.2) is 0 Å². The lowest BCUT2D eigenvalue weighted by Crippen LogP contribution is -2.48. The second-order valence-corrected chi connectivity index (χ2v) is 8.43. The summed E-state index contributed by atoms with van der Waals surface area (Å²) in [5.41, 5.74) is 4.57. The number of carbonyl (C=O) groups excluding carboxylic acids is 1. The molecule has 0 unspecified atom stereocenters. The van der Waals surface area contributed by atoms with Crippen LogP contribution in [0.3, 0.4) is 0 Å². The number of hydrogen-bond donors (Lipinski definition) is 0. The third-order valence-electron chi connectivity index (χ3n) is 5.12. The van der Waals surface area contributed by atoms with Gasteiger partial charge in [-0.25, -0.2) is 4.98 Å². The number of benzene rings is 2. The van der Waals surface area contributed by atoms with Gasteiger partial charge in [-0.15, -0.1) is 11.3 Å². The van der Waals surface area contributed by atoms with Gasteiger partial charge < -0.3 is 4.90 Å². The molecule has 3 heterocycles. The molecule has 1 amide bonds. The number of nitrogens with zero attached hydrogens (tertiary/aromatic N) is 5. The maximum Gasteiger partial charge on any atom is 0.254 e. The van der Waals surface area contributed by atoms with E-state index in [-0.39, 0.29) is 5.91 Å². The average molecular weight is 422 g/mol. The fourth-order valence-electron chi connectivity index (χ4n) is 3.53. The Hall–Kier alpha value is -2.68. The molecule has 1 saturated heterocycles. The molecular weight excluding hydrogens is 402 g/mol. The molecule has 0 atom stereocenters. The Bertz CT molecular complexity index is 1130. The minimum atomic E-state index is 0.0690. The second kappa shape index (κ2) is 7.98. The molecule has 2 aromatic carbocycles. The molecule has 1 aliphatic heterocycles. The lowest BCUT2D eigenvalue weighted by atomic mass is 10.1. The number of amides is 1. The van der Waals surface area contributed by atoms with Crippen molar-refractivity contribution in [1.29, 1.82) is 0 Å². The van der Waals surface area contributed by atoms with Gasteiger partial charge in [-0.3, -0.25) is 9.69 Å². The van der Waals surface area contributed by atoms with E-state index in [1.165, 1.54) is 11.7 Å². The highest BCUT2D eigenvalue weighted by molar-refractivity contribution is 7.13. The summed E-state index contributed by atoms with van der Waals surface area (Å²) >= 11 is 2.86. The molecule has 5 rings (SSSR count). The Morgan fingerprint density at radius 1 is 0.966 bits per heavy atom. The van der Waals surface area contributed by atoms with Crippen molar-refractivity contribution in [2.75, 3.05) is 26.2 Å². The highest BCUT2D eigenvalue weighted by Gasteiger charge is 2.23. The van der Waals surface area contributed by atoms with Gasteiger partial charge >= 0.3 is 0 Å². The maximum atomic E-state index is 12.8. The third kappa shape index (κ3) is 3.91. The normalized spacial score (nSPS) is 15.1. The number of piperazine rings is 1. The topological polar surface area (TPSA) is 62.2 Å². The van der Waals surface area contributed by atoms with Gasteiger partial charge in [-0.1, -0.05) is 30.3 Å².